The van der Waals surface area contributed by atoms with Crippen LogP contribution in [-0.4, -0.2) is 11.7 Å². The molecule has 0 heterocycles. The van der Waals surface area contributed by atoms with E-state index in [0.29, 0.717) is 17.6 Å². The van der Waals surface area contributed by atoms with E-state index in [2.05, 4.69) is 63.8 Å². The van der Waals surface area contributed by atoms with E-state index in [1.165, 1.54) is 29.7 Å². The van der Waals surface area contributed by atoms with Crippen LogP contribution < -0.4 is 4.90 Å². The number of rotatable bonds is 8. The van der Waals surface area contributed by atoms with Gasteiger partial charge in [-0.25, -0.2) is 0 Å². The molecule has 0 bridgehead atoms. The van der Waals surface area contributed by atoms with Gasteiger partial charge in [0.2, 0.25) is 0 Å². The van der Waals surface area contributed by atoms with Gasteiger partial charge in [0, 0.05) is 24.0 Å². The molecule has 136 valence electrons. The highest BCUT2D eigenvalue weighted by Gasteiger charge is 2.20. The topological polar surface area (TPSA) is 23.5 Å². The Kier molecular flexibility index (Phi) is 6.92. The molecule has 0 unspecified atom stereocenters. The van der Waals surface area contributed by atoms with Crippen molar-refractivity contribution >= 4 is 11.4 Å². The molecule has 2 heteroatoms. The molecule has 0 aliphatic carbocycles. The van der Waals surface area contributed by atoms with Crippen molar-refractivity contribution < 1.29 is 5.11 Å². The van der Waals surface area contributed by atoms with Gasteiger partial charge in [-0.2, -0.15) is 0 Å². The first kappa shape index (κ1) is 19.4. The Morgan fingerprint density at radius 2 is 1.48 bits per heavy atom. The molecule has 0 aliphatic rings. The average molecular weight is 340 g/mol. The van der Waals surface area contributed by atoms with Crippen LogP contribution in [0, 0.1) is 0 Å². The number of phenols is 1. The maximum Gasteiger partial charge on any atom is 0.117 e. The maximum absolute atomic E-state index is 10.0. The molecule has 0 spiro atoms. The number of para-hydroxylation sites is 1. The zero-order valence-corrected chi connectivity index (χ0v) is 16.4. The Bertz CT molecular complexity index is 649. The quantitative estimate of drug-likeness (QED) is 0.525. The van der Waals surface area contributed by atoms with Crippen LogP contribution in [-0.2, 0) is 0 Å². The van der Waals surface area contributed by atoms with Crippen molar-refractivity contribution in [2.75, 3.05) is 11.4 Å². The van der Waals surface area contributed by atoms with Crippen LogP contribution in [0.5, 0.6) is 5.75 Å². The number of phenolic OH excluding ortho intramolecular Hbond substituents is 1. The minimum absolute atomic E-state index is 0.325. The molecule has 0 saturated heterocycles. The van der Waals surface area contributed by atoms with E-state index in [0.717, 1.165) is 18.7 Å². The Morgan fingerprint density at radius 3 is 2.00 bits per heavy atom. The molecule has 2 aromatic carbocycles. The summed E-state index contributed by atoms with van der Waals surface area (Å²) >= 11 is 0. The Morgan fingerprint density at radius 1 is 0.880 bits per heavy atom. The summed E-state index contributed by atoms with van der Waals surface area (Å²) in [7, 11) is 0. The molecule has 0 aromatic heterocycles. The number of anilines is 2. The molecule has 2 aromatic rings. The zero-order valence-electron chi connectivity index (χ0n) is 16.4. The Balaban J connectivity index is 2.59. The number of unbranched alkanes of at least 4 members (excludes halogenated alkanes) is 2. The minimum Gasteiger partial charge on any atom is -0.508 e. The second-order valence-corrected chi connectivity index (χ2v) is 7.47. The van der Waals surface area contributed by atoms with Crippen molar-refractivity contribution in [3.63, 3.8) is 0 Å². The van der Waals surface area contributed by atoms with Crippen LogP contribution in [0.1, 0.15) is 76.8 Å². The summed E-state index contributed by atoms with van der Waals surface area (Å²) in [5.41, 5.74) is 5.16. The largest absolute Gasteiger partial charge is 0.508 e. The molecule has 1 N–H and O–H groups in total. The standard InChI is InChI=1S/C23H33NO/c1-6-7-8-15-24(19-11-9-12-20(25)16-19)23-21(17(2)3)13-10-14-22(23)18(4)5/h9-14,16-18,25H,6-8,15H2,1-5H3. The lowest BCUT2D eigenvalue weighted by Gasteiger charge is -2.32. The monoisotopic (exact) mass is 339 g/mol. The second kappa shape index (κ2) is 8.94. The molecule has 2 rings (SSSR count). The second-order valence-electron chi connectivity index (χ2n) is 7.47. The Hall–Kier alpha value is -1.96. The van der Waals surface area contributed by atoms with E-state index in [9.17, 15) is 5.11 Å². The van der Waals surface area contributed by atoms with Gasteiger partial charge in [-0.3, -0.25) is 0 Å². The molecular formula is C23H33NO. The van der Waals surface area contributed by atoms with Crippen molar-refractivity contribution in [2.24, 2.45) is 0 Å². The van der Waals surface area contributed by atoms with Gasteiger partial charge < -0.3 is 10.0 Å². The number of hydrogen-bond acceptors (Lipinski definition) is 2. The average Bonchev–Trinajstić information content (AvgIpc) is 2.58. The van der Waals surface area contributed by atoms with Gasteiger partial charge in [0.15, 0.2) is 0 Å². The molecule has 25 heavy (non-hydrogen) atoms. The summed E-state index contributed by atoms with van der Waals surface area (Å²) in [6, 6.07) is 14.3. The first-order valence-corrected chi connectivity index (χ1v) is 9.65. The summed E-state index contributed by atoms with van der Waals surface area (Å²) in [4.78, 5) is 2.42. The summed E-state index contributed by atoms with van der Waals surface area (Å²) in [6.07, 6.45) is 3.57. The SMILES string of the molecule is CCCCCN(c1cccc(O)c1)c1c(C(C)C)cccc1C(C)C. The number of hydrogen-bond donors (Lipinski definition) is 1. The third-order valence-electron chi connectivity index (χ3n) is 4.74. The van der Waals surface area contributed by atoms with Crippen LogP contribution in [0.3, 0.4) is 0 Å². The number of nitrogens with zero attached hydrogens (tertiary/aromatic N) is 1. The molecule has 0 amide bonds. The van der Waals surface area contributed by atoms with E-state index < -0.39 is 0 Å². The van der Waals surface area contributed by atoms with Crippen molar-refractivity contribution in [1.29, 1.82) is 0 Å². The van der Waals surface area contributed by atoms with Crippen molar-refractivity contribution in [2.45, 2.75) is 65.7 Å². The van der Waals surface area contributed by atoms with Gasteiger partial charge in [-0.05, 0) is 41.5 Å². The van der Waals surface area contributed by atoms with Crippen LogP contribution in [0.25, 0.3) is 0 Å². The fourth-order valence-electron chi connectivity index (χ4n) is 3.37. The molecule has 0 atom stereocenters. The predicted molar refractivity (Wildman–Crippen MR) is 109 cm³/mol. The highest BCUT2D eigenvalue weighted by Crippen LogP contribution is 2.39. The molecule has 0 radical (unpaired) electrons. The zero-order chi connectivity index (χ0) is 18.4. The smallest absolute Gasteiger partial charge is 0.117 e. The van der Waals surface area contributed by atoms with Crippen molar-refractivity contribution in [3.05, 3.63) is 53.6 Å². The van der Waals surface area contributed by atoms with E-state index in [-0.39, 0.29) is 0 Å². The van der Waals surface area contributed by atoms with Crippen LogP contribution >= 0.6 is 0 Å². The Labute approximate surface area is 153 Å². The van der Waals surface area contributed by atoms with Crippen LogP contribution in [0.2, 0.25) is 0 Å². The summed E-state index contributed by atoms with van der Waals surface area (Å²) in [5.74, 6) is 1.24. The first-order chi connectivity index (χ1) is 12.0. The number of aromatic hydroxyl groups is 1. The van der Waals surface area contributed by atoms with Gasteiger partial charge >= 0.3 is 0 Å². The van der Waals surface area contributed by atoms with Gasteiger partial charge in [0.05, 0.1) is 0 Å². The third-order valence-corrected chi connectivity index (χ3v) is 4.74. The van der Waals surface area contributed by atoms with Crippen molar-refractivity contribution in [1.82, 2.24) is 0 Å². The van der Waals surface area contributed by atoms with E-state index in [4.69, 9.17) is 0 Å². The predicted octanol–water partition coefficient (Wildman–Crippen LogP) is 6.97. The van der Waals surface area contributed by atoms with Gasteiger partial charge in [0.1, 0.15) is 5.75 Å². The lowest BCUT2D eigenvalue weighted by atomic mass is 9.91. The van der Waals surface area contributed by atoms with Crippen LogP contribution in [0.15, 0.2) is 42.5 Å². The van der Waals surface area contributed by atoms with Crippen LogP contribution in [0.4, 0.5) is 11.4 Å². The molecule has 2 nitrogen and oxygen atoms in total. The lowest BCUT2D eigenvalue weighted by Crippen LogP contribution is -2.22. The minimum atomic E-state index is 0.325. The van der Waals surface area contributed by atoms with E-state index >= 15 is 0 Å². The van der Waals surface area contributed by atoms with Gasteiger partial charge in [-0.1, -0.05) is 71.7 Å². The fourth-order valence-corrected chi connectivity index (χ4v) is 3.37. The summed E-state index contributed by atoms with van der Waals surface area (Å²) in [6.45, 7) is 12.2. The molecular weight excluding hydrogens is 306 g/mol. The first-order valence-electron chi connectivity index (χ1n) is 9.65. The van der Waals surface area contributed by atoms with E-state index in [1.54, 1.807) is 6.07 Å². The molecule has 0 saturated carbocycles. The summed E-state index contributed by atoms with van der Waals surface area (Å²) < 4.78 is 0. The third kappa shape index (κ3) is 4.78. The van der Waals surface area contributed by atoms with Gasteiger partial charge in [0.25, 0.3) is 0 Å². The molecule has 0 fully saturated rings. The highest BCUT2D eigenvalue weighted by molar-refractivity contribution is 5.72. The fraction of sp³-hybridized carbons (Fsp3) is 0.478. The maximum atomic E-state index is 10.0. The lowest BCUT2D eigenvalue weighted by molar-refractivity contribution is 0.475. The normalized spacial score (nSPS) is 11.3. The highest BCUT2D eigenvalue weighted by atomic mass is 16.3. The van der Waals surface area contributed by atoms with E-state index in [1.807, 2.05) is 12.1 Å². The molecule has 0 aliphatic heterocycles. The number of benzene rings is 2. The summed E-state index contributed by atoms with van der Waals surface area (Å²) in [5, 5.41) is 10.0. The van der Waals surface area contributed by atoms with Gasteiger partial charge in [-0.15, -0.1) is 0 Å². The van der Waals surface area contributed by atoms with Crippen molar-refractivity contribution in [3.8, 4) is 5.75 Å².